The van der Waals surface area contributed by atoms with Gasteiger partial charge in [0.25, 0.3) is 0 Å². The van der Waals surface area contributed by atoms with E-state index in [1.165, 1.54) is 0 Å². The molecular formula is C26H31N5O3. The van der Waals surface area contributed by atoms with E-state index in [-0.39, 0.29) is 17.7 Å². The molecule has 2 aromatic rings. The molecule has 8 nitrogen and oxygen atoms in total. The number of rotatable bonds is 10. The van der Waals surface area contributed by atoms with Crippen molar-refractivity contribution in [3.8, 4) is 5.75 Å². The van der Waals surface area contributed by atoms with Gasteiger partial charge < -0.3 is 16.2 Å². The highest BCUT2D eigenvalue weighted by atomic mass is 16.7. The van der Waals surface area contributed by atoms with Crippen molar-refractivity contribution < 1.29 is 14.4 Å². The first-order chi connectivity index (χ1) is 16.6. The van der Waals surface area contributed by atoms with E-state index in [4.69, 9.17) is 21.0 Å². The number of aliphatic imine (C=N–C) groups is 2. The fourth-order valence-electron chi connectivity index (χ4n) is 4.22. The molecule has 2 aliphatic rings. The number of carbonyl (C=O) groups excluding carboxylic acids is 1. The van der Waals surface area contributed by atoms with Crippen molar-refractivity contribution in [2.24, 2.45) is 21.5 Å². The molecule has 0 saturated heterocycles. The van der Waals surface area contributed by atoms with Crippen LogP contribution in [0.2, 0.25) is 0 Å². The van der Waals surface area contributed by atoms with Gasteiger partial charge in [0.05, 0.1) is 13.2 Å². The second kappa shape index (κ2) is 11.0. The molecule has 0 radical (unpaired) electrons. The van der Waals surface area contributed by atoms with Gasteiger partial charge in [0.15, 0.2) is 11.4 Å². The Hall–Kier alpha value is -3.65. The molecule has 8 heteroatoms. The quantitative estimate of drug-likeness (QED) is 0.315. The summed E-state index contributed by atoms with van der Waals surface area (Å²) in [6.45, 7) is 0.986. The first kappa shape index (κ1) is 23.5. The third-order valence-electron chi connectivity index (χ3n) is 5.92. The van der Waals surface area contributed by atoms with Crippen LogP contribution in [0, 0.1) is 0 Å². The third-order valence-corrected chi connectivity index (χ3v) is 5.92. The maximum Gasteiger partial charge on any atom is 0.226 e. The summed E-state index contributed by atoms with van der Waals surface area (Å²) in [5.74, 6) is 1.08. The van der Waals surface area contributed by atoms with Crippen LogP contribution in [0.25, 0.3) is 6.08 Å². The first-order valence-corrected chi connectivity index (χ1v) is 11.7. The van der Waals surface area contributed by atoms with Gasteiger partial charge in [-0.3, -0.25) is 9.63 Å². The standard InChI is InChI=1S/C26H31N5O3/c27-24-29-25(28)31(26(30-24)15-4-5-16-26)34-18-7-6-17-33-22-12-8-11-21(19-22)23(32)14-13-20-9-2-1-3-10-20/h1-3,8-14,19H,4-7,15-18H2,(H4,27,28,29,30). The predicted molar refractivity (Wildman–Crippen MR) is 133 cm³/mol. The second-order valence-corrected chi connectivity index (χ2v) is 8.45. The zero-order valence-corrected chi connectivity index (χ0v) is 19.2. The van der Waals surface area contributed by atoms with E-state index >= 15 is 0 Å². The van der Waals surface area contributed by atoms with Crippen LogP contribution in [-0.2, 0) is 4.84 Å². The minimum Gasteiger partial charge on any atom is -0.494 e. The van der Waals surface area contributed by atoms with Gasteiger partial charge in [-0.05, 0) is 62.3 Å². The molecule has 0 bridgehead atoms. The summed E-state index contributed by atoms with van der Waals surface area (Å²) in [5, 5.41) is 1.63. The lowest BCUT2D eigenvalue weighted by molar-refractivity contribution is -0.167. The van der Waals surface area contributed by atoms with Gasteiger partial charge in [-0.1, -0.05) is 48.5 Å². The summed E-state index contributed by atoms with van der Waals surface area (Å²) in [7, 11) is 0. The van der Waals surface area contributed by atoms with Gasteiger partial charge in [0.2, 0.25) is 11.9 Å². The van der Waals surface area contributed by atoms with Gasteiger partial charge in [0.1, 0.15) is 5.75 Å². The molecule has 1 spiro atoms. The summed E-state index contributed by atoms with van der Waals surface area (Å²) in [6, 6.07) is 17.0. The van der Waals surface area contributed by atoms with Crippen LogP contribution in [0.15, 0.2) is 70.7 Å². The van der Waals surface area contributed by atoms with E-state index in [2.05, 4.69) is 9.98 Å². The zero-order chi connectivity index (χ0) is 23.8. The van der Waals surface area contributed by atoms with Gasteiger partial charge >= 0.3 is 0 Å². The van der Waals surface area contributed by atoms with Gasteiger partial charge in [-0.25, -0.2) is 4.99 Å². The topological polar surface area (TPSA) is 116 Å². The van der Waals surface area contributed by atoms with Crippen LogP contribution in [0.5, 0.6) is 5.75 Å². The van der Waals surface area contributed by atoms with Crippen molar-refractivity contribution in [2.75, 3.05) is 13.2 Å². The number of nitrogens with two attached hydrogens (primary N) is 2. The van der Waals surface area contributed by atoms with Crippen LogP contribution in [-0.4, -0.2) is 41.6 Å². The number of benzene rings is 2. The monoisotopic (exact) mass is 461 g/mol. The highest BCUT2D eigenvalue weighted by Crippen LogP contribution is 2.38. The average Bonchev–Trinajstić information content (AvgIpc) is 3.30. The van der Waals surface area contributed by atoms with Crippen LogP contribution in [0.4, 0.5) is 0 Å². The highest BCUT2D eigenvalue weighted by Gasteiger charge is 2.44. The number of hydrogen-bond donors (Lipinski definition) is 2. The number of unbranched alkanes of at least 4 members (excludes halogenated alkanes) is 1. The van der Waals surface area contributed by atoms with Crippen LogP contribution >= 0.6 is 0 Å². The molecule has 1 fully saturated rings. The molecule has 0 atom stereocenters. The smallest absolute Gasteiger partial charge is 0.226 e. The van der Waals surface area contributed by atoms with E-state index in [1.54, 1.807) is 23.3 Å². The largest absolute Gasteiger partial charge is 0.494 e. The summed E-state index contributed by atoms with van der Waals surface area (Å²) in [4.78, 5) is 27.0. The zero-order valence-electron chi connectivity index (χ0n) is 19.2. The number of ether oxygens (including phenoxy) is 1. The Balaban J connectivity index is 1.21. The molecule has 0 amide bonds. The minimum atomic E-state index is -0.519. The van der Waals surface area contributed by atoms with Gasteiger partial charge in [-0.15, -0.1) is 0 Å². The summed E-state index contributed by atoms with van der Waals surface area (Å²) in [6.07, 6.45) is 8.77. The van der Waals surface area contributed by atoms with Crippen molar-refractivity contribution in [2.45, 2.75) is 44.2 Å². The van der Waals surface area contributed by atoms with Gasteiger partial charge in [0, 0.05) is 5.56 Å². The molecule has 0 unspecified atom stereocenters. The molecule has 4 N–H and O–H groups in total. The molecule has 4 rings (SSSR count). The van der Waals surface area contributed by atoms with Crippen molar-refractivity contribution >= 4 is 23.8 Å². The summed E-state index contributed by atoms with van der Waals surface area (Å²) in [5.41, 5.74) is 12.9. The Morgan fingerprint density at radius 1 is 1.03 bits per heavy atom. The molecule has 2 aromatic carbocycles. The molecule has 1 saturated carbocycles. The number of allylic oxidation sites excluding steroid dienone is 1. The molecular weight excluding hydrogens is 430 g/mol. The van der Waals surface area contributed by atoms with Crippen molar-refractivity contribution in [3.63, 3.8) is 0 Å². The molecule has 34 heavy (non-hydrogen) atoms. The average molecular weight is 462 g/mol. The van der Waals surface area contributed by atoms with E-state index in [9.17, 15) is 4.79 Å². The lowest BCUT2D eigenvalue weighted by Gasteiger charge is -2.39. The van der Waals surface area contributed by atoms with Crippen LogP contribution in [0.3, 0.4) is 0 Å². The highest BCUT2D eigenvalue weighted by molar-refractivity contribution is 6.07. The van der Waals surface area contributed by atoms with E-state index < -0.39 is 5.66 Å². The Morgan fingerprint density at radius 2 is 1.79 bits per heavy atom. The Morgan fingerprint density at radius 3 is 2.59 bits per heavy atom. The van der Waals surface area contributed by atoms with Crippen molar-refractivity contribution in [1.29, 1.82) is 0 Å². The minimum absolute atomic E-state index is 0.0624. The molecule has 1 heterocycles. The van der Waals surface area contributed by atoms with Gasteiger partial charge in [-0.2, -0.15) is 10.1 Å². The maximum absolute atomic E-state index is 12.5. The van der Waals surface area contributed by atoms with E-state index in [0.29, 0.717) is 24.5 Å². The second-order valence-electron chi connectivity index (χ2n) is 8.45. The number of guanidine groups is 2. The lowest BCUT2D eigenvalue weighted by atomic mass is 10.1. The fourth-order valence-corrected chi connectivity index (χ4v) is 4.22. The number of ketones is 1. The van der Waals surface area contributed by atoms with Crippen molar-refractivity contribution in [1.82, 2.24) is 5.06 Å². The SMILES string of the molecule is NC1=NC2(CCCC2)N(OCCCCOc2cccc(C(=O)C=Cc3ccccc3)c2)C(N)=N1. The van der Waals surface area contributed by atoms with E-state index in [0.717, 1.165) is 44.1 Å². The van der Waals surface area contributed by atoms with Crippen LogP contribution < -0.4 is 16.2 Å². The Labute approximate surface area is 199 Å². The summed E-state index contributed by atoms with van der Waals surface area (Å²) >= 11 is 0. The molecule has 0 aromatic heterocycles. The number of hydrogen-bond acceptors (Lipinski definition) is 8. The fraction of sp³-hybridized carbons (Fsp3) is 0.346. The number of nitrogens with zero attached hydrogens (tertiary/aromatic N) is 3. The maximum atomic E-state index is 12.5. The lowest BCUT2D eigenvalue weighted by Crippen LogP contribution is -2.55. The Bertz CT molecular complexity index is 1070. The third kappa shape index (κ3) is 5.82. The summed E-state index contributed by atoms with van der Waals surface area (Å²) < 4.78 is 5.85. The molecule has 1 aliphatic carbocycles. The first-order valence-electron chi connectivity index (χ1n) is 11.7. The van der Waals surface area contributed by atoms with Crippen LogP contribution in [0.1, 0.15) is 54.4 Å². The Kier molecular flexibility index (Phi) is 7.59. The number of hydroxylamine groups is 2. The van der Waals surface area contributed by atoms with Crippen molar-refractivity contribution in [3.05, 3.63) is 71.8 Å². The number of carbonyl (C=O) groups is 1. The van der Waals surface area contributed by atoms with E-state index in [1.807, 2.05) is 48.5 Å². The normalized spacial score (nSPS) is 17.1. The molecule has 178 valence electrons. The predicted octanol–water partition coefficient (Wildman–Crippen LogP) is 3.89. The molecule has 1 aliphatic heterocycles.